The fourth-order valence-electron chi connectivity index (χ4n) is 3.68. The van der Waals surface area contributed by atoms with Gasteiger partial charge >= 0.3 is 0 Å². The van der Waals surface area contributed by atoms with Gasteiger partial charge in [0.25, 0.3) is 0 Å². The van der Waals surface area contributed by atoms with Gasteiger partial charge < -0.3 is 15.0 Å². The normalized spacial score (nSPS) is 25.0. The van der Waals surface area contributed by atoms with Crippen molar-refractivity contribution in [1.29, 1.82) is 0 Å². The largest absolute Gasteiger partial charge is 0.373 e. The molecule has 1 saturated heterocycles. The lowest BCUT2D eigenvalue weighted by molar-refractivity contribution is -0.135. The number of amides is 1. The van der Waals surface area contributed by atoms with Crippen molar-refractivity contribution >= 4 is 5.91 Å². The number of hydrogen-bond donors (Lipinski definition) is 1. The quantitative estimate of drug-likeness (QED) is 0.775. The third-order valence-corrected chi connectivity index (χ3v) is 4.23. The summed E-state index contributed by atoms with van der Waals surface area (Å²) >= 11 is 0. The number of rotatable bonds is 7. The first-order valence-electron chi connectivity index (χ1n) is 8.84. The number of nitrogens with zero attached hydrogens (tertiary/aromatic N) is 2. The van der Waals surface area contributed by atoms with Crippen molar-refractivity contribution in [3.8, 4) is 0 Å². The maximum Gasteiger partial charge on any atom is 0.237 e. The van der Waals surface area contributed by atoms with E-state index in [1.807, 2.05) is 0 Å². The summed E-state index contributed by atoms with van der Waals surface area (Å²) in [5.41, 5.74) is 0.0618. The average Bonchev–Trinajstić information content (AvgIpc) is 2.33. The van der Waals surface area contributed by atoms with Gasteiger partial charge in [-0.1, -0.05) is 27.7 Å². The molecule has 1 N–H and O–H groups in total. The van der Waals surface area contributed by atoms with Crippen molar-refractivity contribution in [2.24, 2.45) is 11.3 Å². The molecule has 0 aromatic heterocycles. The molecule has 23 heavy (non-hydrogen) atoms. The summed E-state index contributed by atoms with van der Waals surface area (Å²) in [5, 5.41) is 3.19. The molecular weight excluding hydrogens is 290 g/mol. The van der Waals surface area contributed by atoms with Crippen LogP contribution < -0.4 is 5.32 Å². The highest BCUT2D eigenvalue weighted by molar-refractivity contribution is 5.82. The smallest absolute Gasteiger partial charge is 0.237 e. The molecule has 0 saturated carbocycles. The van der Waals surface area contributed by atoms with Crippen molar-refractivity contribution in [3.05, 3.63) is 0 Å². The first-order valence-corrected chi connectivity index (χ1v) is 8.84. The summed E-state index contributed by atoms with van der Waals surface area (Å²) in [5.74, 6) is 0.428. The molecule has 1 aliphatic heterocycles. The van der Waals surface area contributed by atoms with Crippen LogP contribution in [-0.4, -0.2) is 74.2 Å². The summed E-state index contributed by atoms with van der Waals surface area (Å²) in [6, 6.07) is -0.0843. The van der Waals surface area contributed by atoms with E-state index in [-0.39, 0.29) is 35.5 Å². The Hall–Kier alpha value is -0.650. The first-order chi connectivity index (χ1) is 10.5. The second-order valence-electron chi connectivity index (χ2n) is 8.52. The van der Waals surface area contributed by atoms with E-state index in [4.69, 9.17) is 4.74 Å². The molecule has 136 valence electrons. The van der Waals surface area contributed by atoms with Crippen LogP contribution in [0.15, 0.2) is 0 Å². The minimum absolute atomic E-state index is 0.0618. The maximum atomic E-state index is 12.8. The molecule has 3 atom stereocenters. The third-order valence-electron chi connectivity index (χ3n) is 4.23. The van der Waals surface area contributed by atoms with Crippen LogP contribution in [0.5, 0.6) is 0 Å². The topological polar surface area (TPSA) is 44.8 Å². The van der Waals surface area contributed by atoms with E-state index in [0.717, 1.165) is 19.6 Å². The summed E-state index contributed by atoms with van der Waals surface area (Å²) in [7, 11) is 4.13. The van der Waals surface area contributed by atoms with Crippen molar-refractivity contribution in [2.75, 3.05) is 40.3 Å². The van der Waals surface area contributed by atoms with E-state index in [1.165, 1.54) is 0 Å². The van der Waals surface area contributed by atoms with Gasteiger partial charge in [0.15, 0.2) is 0 Å². The highest BCUT2D eigenvalue weighted by Crippen LogP contribution is 2.20. The maximum absolute atomic E-state index is 12.8. The SMILES string of the molecule is CC1CN(C(C(=O)NCC(C)(C)CN(C)C)C(C)C)CC(C)O1. The van der Waals surface area contributed by atoms with Crippen molar-refractivity contribution in [3.63, 3.8) is 0 Å². The van der Waals surface area contributed by atoms with Crippen LogP contribution in [0.3, 0.4) is 0 Å². The summed E-state index contributed by atoms with van der Waals surface area (Å²) in [6.07, 6.45) is 0.357. The molecule has 0 aliphatic carbocycles. The lowest BCUT2D eigenvalue weighted by Crippen LogP contribution is -2.57. The molecule has 5 heteroatoms. The molecule has 1 amide bonds. The van der Waals surface area contributed by atoms with Gasteiger partial charge in [-0.05, 0) is 39.3 Å². The van der Waals surface area contributed by atoms with Crippen molar-refractivity contribution in [2.45, 2.75) is 59.8 Å². The fraction of sp³-hybridized carbons (Fsp3) is 0.944. The van der Waals surface area contributed by atoms with Crippen LogP contribution in [0.25, 0.3) is 0 Å². The molecule has 3 unspecified atom stereocenters. The zero-order valence-corrected chi connectivity index (χ0v) is 16.3. The predicted molar refractivity (Wildman–Crippen MR) is 95.6 cm³/mol. The molecule has 0 bridgehead atoms. The van der Waals surface area contributed by atoms with Gasteiger partial charge in [0.05, 0.1) is 18.2 Å². The first kappa shape index (κ1) is 20.4. The van der Waals surface area contributed by atoms with Gasteiger partial charge in [-0.2, -0.15) is 0 Å². The monoisotopic (exact) mass is 327 g/mol. The molecule has 1 rings (SSSR count). The van der Waals surface area contributed by atoms with Gasteiger partial charge in [-0.25, -0.2) is 0 Å². The molecule has 0 spiro atoms. The minimum Gasteiger partial charge on any atom is -0.373 e. The van der Waals surface area contributed by atoms with E-state index in [2.05, 4.69) is 70.8 Å². The average molecular weight is 328 g/mol. The van der Waals surface area contributed by atoms with E-state index >= 15 is 0 Å². The Bertz CT molecular complexity index is 372. The molecule has 0 aromatic carbocycles. The van der Waals surface area contributed by atoms with E-state index < -0.39 is 0 Å². The lowest BCUT2D eigenvalue weighted by Gasteiger charge is -2.41. The third kappa shape index (κ3) is 6.77. The number of morpholine rings is 1. The van der Waals surface area contributed by atoms with Gasteiger partial charge in [-0.15, -0.1) is 0 Å². The molecule has 1 heterocycles. The number of ether oxygens (including phenoxy) is 1. The van der Waals surface area contributed by atoms with Gasteiger partial charge in [0.2, 0.25) is 5.91 Å². The second-order valence-corrected chi connectivity index (χ2v) is 8.52. The van der Waals surface area contributed by atoms with Crippen LogP contribution in [0, 0.1) is 11.3 Å². The van der Waals surface area contributed by atoms with E-state index in [0.29, 0.717) is 6.54 Å². The van der Waals surface area contributed by atoms with Crippen LogP contribution in [-0.2, 0) is 9.53 Å². The van der Waals surface area contributed by atoms with Gasteiger partial charge in [0, 0.05) is 26.2 Å². The zero-order valence-electron chi connectivity index (χ0n) is 16.3. The van der Waals surface area contributed by atoms with Gasteiger partial charge in [-0.3, -0.25) is 9.69 Å². The summed E-state index contributed by atoms with van der Waals surface area (Å²) in [4.78, 5) is 17.3. The molecule has 5 nitrogen and oxygen atoms in total. The van der Waals surface area contributed by atoms with Gasteiger partial charge in [0.1, 0.15) is 0 Å². The van der Waals surface area contributed by atoms with E-state index in [1.54, 1.807) is 0 Å². The van der Waals surface area contributed by atoms with Crippen molar-refractivity contribution in [1.82, 2.24) is 15.1 Å². The van der Waals surface area contributed by atoms with Crippen LogP contribution in [0.2, 0.25) is 0 Å². The second kappa shape index (κ2) is 8.45. The number of carbonyl (C=O) groups excluding carboxylic acids is 1. The predicted octanol–water partition coefficient (Wildman–Crippen LogP) is 1.82. The number of hydrogen-bond acceptors (Lipinski definition) is 4. The van der Waals surface area contributed by atoms with E-state index in [9.17, 15) is 4.79 Å². The fourth-order valence-corrected chi connectivity index (χ4v) is 3.68. The van der Waals surface area contributed by atoms with Crippen molar-refractivity contribution < 1.29 is 9.53 Å². The molecule has 1 fully saturated rings. The highest BCUT2D eigenvalue weighted by atomic mass is 16.5. The Balaban J connectivity index is 2.68. The molecular formula is C18H37N3O2. The number of carbonyl (C=O) groups is 1. The minimum atomic E-state index is -0.0843. The van der Waals surface area contributed by atoms with Crippen LogP contribution in [0.4, 0.5) is 0 Å². The Morgan fingerprint density at radius 3 is 2.22 bits per heavy atom. The Kier molecular flexibility index (Phi) is 7.49. The summed E-state index contributed by atoms with van der Waals surface area (Å²) < 4.78 is 5.81. The van der Waals surface area contributed by atoms with Crippen LogP contribution >= 0.6 is 0 Å². The summed E-state index contributed by atoms with van der Waals surface area (Å²) in [6.45, 7) is 16.1. The number of nitrogens with one attached hydrogen (secondary N) is 1. The Labute approximate surface area is 142 Å². The highest BCUT2D eigenvalue weighted by Gasteiger charge is 2.34. The molecule has 1 aliphatic rings. The Morgan fingerprint density at radius 2 is 1.78 bits per heavy atom. The van der Waals surface area contributed by atoms with Crippen LogP contribution in [0.1, 0.15) is 41.5 Å². The standard InChI is InChI=1S/C18H37N3O2/c1-13(2)16(21-9-14(3)23-15(4)10-21)17(22)19-11-18(5,6)12-20(7)8/h13-16H,9-12H2,1-8H3,(H,19,22). The zero-order chi connectivity index (χ0) is 17.8. The molecule has 0 aromatic rings. The Morgan fingerprint density at radius 1 is 1.26 bits per heavy atom. The molecule has 0 radical (unpaired) electrons. The lowest BCUT2D eigenvalue weighted by atomic mass is 9.92.